The van der Waals surface area contributed by atoms with E-state index in [-0.39, 0.29) is 23.2 Å². The van der Waals surface area contributed by atoms with Crippen LogP contribution in [0.5, 0.6) is 11.6 Å². The van der Waals surface area contributed by atoms with Gasteiger partial charge in [0.25, 0.3) is 5.89 Å². The summed E-state index contributed by atoms with van der Waals surface area (Å²) in [7, 11) is 0. The summed E-state index contributed by atoms with van der Waals surface area (Å²) in [6.07, 6.45) is 4.43. The highest BCUT2D eigenvalue weighted by molar-refractivity contribution is 6.31. The molecule has 0 atom stereocenters. The topological polar surface area (TPSA) is 103 Å². The second kappa shape index (κ2) is 8.66. The molecule has 2 aromatic carbocycles. The molecule has 10 heteroatoms. The number of hydrogen-bond acceptors (Lipinski definition) is 7. The minimum atomic E-state index is -0.567. The van der Waals surface area contributed by atoms with Gasteiger partial charge in [-0.05, 0) is 36.4 Å². The van der Waals surface area contributed by atoms with Gasteiger partial charge < -0.3 is 14.6 Å². The van der Waals surface area contributed by atoms with Gasteiger partial charge >= 0.3 is 0 Å². The lowest BCUT2D eigenvalue weighted by Gasteiger charge is -2.04. The molecule has 2 heterocycles. The minimum Gasteiger partial charge on any atom is -0.437 e. The van der Waals surface area contributed by atoms with Gasteiger partial charge in [-0.2, -0.15) is 4.98 Å². The van der Waals surface area contributed by atoms with E-state index < -0.39 is 11.7 Å². The van der Waals surface area contributed by atoms with Crippen LogP contribution in [0.1, 0.15) is 5.82 Å². The average Bonchev–Trinajstić information content (AvgIpc) is 3.20. The number of rotatable bonds is 6. The molecule has 4 aromatic rings. The molecule has 0 bridgehead atoms. The average molecular weight is 426 g/mol. The number of amides is 1. The van der Waals surface area contributed by atoms with Crippen LogP contribution >= 0.6 is 11.6 Å². The first-order chi connectivity index (χ1) is 14.6. The zero-order chi connectivity index (χ0) is 20.9. The van der Waals surface area contributed by atoms with E-state index in [9.17, 15) is 9.18 Å². The van der Waals surface area contributed by atoms with Crippen LogP contribution in [-0.2, 0) is 11.2 Å². The summed E-state index contributed by atoms with van der Waals surface area (Å²) in [5, 5.41) is 6.34. The number of nitrogens with one attached hydrogen (secondary N) is 1. The van der Waals surface area contributed by atoms with Gasteiger partial charge in [-0.25, -0.2) is 9.37 Å². The molecule has 0 aliphatic rings. The van der Waals surface area contributed by atoms with Crippen molar-refractivity contribution in [2.24, 2.45) is 0 Å². The van der Waals surface area contributed by atoms with Crippen LogP contribution in [0.25, 0.3) is 11.5 Å². The van der Waals surface area contributed by atoms with Crippen molar-refractivity contribution in [2.45, 2.75) is 6.42 Å². The fraction of sp³-hybridized carbons (Fsp3) is 0.0500. The molecular formula is C20H13ClFN5O3. The SMILES string of the molecule is O=C(Cc1noc(-c2cccc(Oc3cnccn3)c2)n1)Nc1ccc(F)c(Cl)c1. The largest absolute Gasteiger partial charge is 0.437 e. The van der Waals surface area contributed by atoms with Gasteiger partial charge in [-0.1, -0.05) is 22.8 Å². The third kappa shape index (κ3) is 4.76. The van der Waals surface area contributed by atoms with Crippen LogP contribution in [0.2, 0.25) is 5.02 Å². The van der Waals surface area contributed by atoms with Crippen molar-refractivity contribution in [1.82, 2.24) is 20.1 Å². The molecular weight excluding hydrogens is 413 g/mol. The Hall–Kier alpha value is -3.85. The number of hydrogen-bond donors (Lipinski definition) is 1. The first-order valence-electron chi connectivity index (χ1n) is 8.68. The highest BCUT2D eigenvalue weighted by Crippen LogP contribution is 2.25. The van der Waals surface area contributed by atoms with Crippen molar-refractivity contribution >= 4 is 23.2 Å². The number of anilines is 1. The van der Waals surface area contributed by atoms with Crippen LogP contribution < -0.4 is 10.1 Å². The van der Waals surface area contributed by atoms with Crippen molar-refractivity contribution < 1.29 is 18.4 Å². The maximum Gasteiger partial charge on any atom is 0.258 e. The second-order valence-electron chi connectivity index (χ2n) is 6.04. The number of aromatic nitrogens is 4. The Morgan fingerprint density at radius 1 is 1.20 bits per heavy atom. The van der Waals surface area contributed by atoms with E-state index in [1.165, 1.54) is 30.6 Å². The van der Waals surface area contributed by atoms with Crippen LogP contribution in [0.4, 0.5) is 10.1 Å². The molecule has 0 saturated carbocycles. The van der Waals surface area contributed by atoms with Crippen LogP contribution in [0.15, 0.2) is 65.6 Å². The molecule has 150 valence electrons. The van der Waals surface area contributed by atoms with Gasteiger partial charge in [0, 0.05) is 23.6 Å². The summed E-state index contributed by atoms with van der Waals surface area (Å²) < 4.78 is 24.1. The Kier molecular flexibility index (Phi) is 5.62. The van der Waals surface area contributed by atoms with Crippen molar-refractivity contribution in [3.63, 3.8) is 0 Å². The van der Waals surface area contributed by atoms with E-state index in [1.54, 1.807) is 30.5 Å². The van der Waals surface area contributed by atoms with Gasteiger partial charge in [-0.3, -0.25) is 9.78 Å². The smallest absolute Gasteiger partial charge is 0.258 e. The molecule has 0 fully saturated rings. The number of carbonyl (C=O) groups excluding carboxylic acids is 1. The predicted molar refractivity (Wildman–Crippen MR) is 106 cm³/mol. The summed E-state index contributed by atoms with van der Waals surface area (Å²) in [5.41, 5.74) is 0.977. The zero-order valence-electron chi connectivity index (χ0n) is 15.3. The summed E-state index contributed by atoms with van der Waals surface area (Å²) >= 11 is 5.71. The highest BCUT2D eigenvalue weighted by atomic mass is 35.5. The third-order valence-corrected chi connectivity index (χ3v) is 4.12. The van der Waals surface area contributed by atoms with E-state index in [0.717, 1.165) is 0 Å². The van der Waals surface area contributed by atoms with E-state index in [4.69, 9.17) is 20.9 Å². The maximum absolute atomic E-state index is 13.2. The lowest BCUT2D eigenvalue weighted by Crippen LogP contribution is -2.15. The Bertz CT molecular complexity index is 1190. The first-order valence-corrected chi connectivity index (χ1v) is 9.06. The molecule has 2 aromatic heterocycles. The molecule has 0 spiro atoms. The first kappa shape index (κ1) is 19.5. The van der Waals surface area contributed by atoms with Gasteiger partial charge in [0.15, 0.2) is 5.82 Å². The lowest BCUT2D eigenvalue weighted by molar-refractivity contribution is -0.115. The van der Waals surface area contributed by atoms with Gasteiger partial charge in [0.05, 0.1) is 17.6 Å². The summed E-state index contributed by atoms with van der Waals surface area (Å²) in [6, 6.07) is 10.9. The van der Waals surface area contributed by atoms with Crippen molar-refractivity contribution in [3.05, 3.63) is 77.7 Å². The number of ether oxygens (including phenoxy) is 1. The van der Waals surface area contributed by atoms with E-state index in [1.807, 2.05) is 0 Å². The predicted octanol–water partition coefficient (Wildman–Crippen LogP) is 4.29. The van der Waals surface area contributed by atoms with E-state index in [0.29, 0.717) is 22.9 Å². The second-order valence-corrected chi connectivity index (χ2v) is 6.45. The monoisotopic (exact) mass is 425 g/mol. The normalized spacial score (nSPS) is 10.6. The lowest BCUT2D eigenvalue weighted by atomic mass is 10.2. The third-order valence-electron chi connectivity index (χ3n) is 3.83. The van der Waals surface area contributed by atoms with Gasteiger partial charge in [0.2, 0.25) is 11.8 Å². The molecule has 0 aliphatic heterocycles. The van der Waals surface area contributed by atoms with Crippen molar-refractivity contribution in [3.8, 4) is 23.1 Å². The maximum atomic E-state index is 13.2. The molecule has 1 amide bonds. The fourth-order valence-corrected chi connectivity index (χ4v) is 2.70. The fourth-order valence-electron chi connectivity index (χ4n) is 2.52. The number of benzene rings is 2. The minimum absolute atomic E-state index is 0.0850. The highest BCUT2D eigenvalue weighted by Gasteiger charge is 2.14. The summed E-state index contributed by atoms with van der Waals surface area (Å²) in [4.78, 5) is 24.4. The Morgan fingerprint density at radius 3 is 2.90 bits per heavy atom. The number of halogens is 2. The van der Waals surface area contributed by atoms with Gasteiger partial charge in [0.1, 0.15) is 11.6 Å². The molecule has 0 aliphatic carbocycles. The molecule has 0 unspecified atom stereocenters. The summed E-state index contributed by atoms with van der Waals surface area (Å²) in [6.45, 7) is 0. The number of carbonyl (C=O) groups is 1. The summed E-state index contributed by atoms with van der Waals surface area (Å²) in [5.74, 6) is 0.313. The van der Waals surface area contributed by atoms with Crippen LogP contribution in [-0.4, -0.2) is 26.0 Å². The van der Waals surface area contributed by atoms with Crippen molar-refractivity contribution in [1.29, 1.82) is 0 Å². The number of nitrogens with zero attached hydrogens (tertiary/aromatic N) is 4. The molecule has 30 heavy (non-hydrogen) atoms. The molecule has 0 radical (unpaired) electrons. The van der Waals surface area contributed by atoms with Crippen LogP contribution in [0, 0.1) is 5.82 Å². The Labute approximate surface area is 174 Å². The van der Waals surface area contributed by atoms with Crippen molar-refractivity contribution in [2.75, 3.05) is 5.32 Å². The Morgan fingerprint density at radius 2 is 2.10 bits per heavy atom. The van der Waals surface area contributed by atoms with Crippen LogP contribution in [0.3, 0.4) is 0 Å². The molecule has 8 nitrogen and oxygen atoms in total. The molecule has 0 saturated heterocycles. The molecule has 4 rings (SSSR count). The standard InChI is InChI=1S/C20H13ClFN5O3/c21-15-9-13(4-5-16(15)22)25-18(28)10-17-26-20(30-27-17)12-2-1-3-14(8-12)29-19-11-23-6-7-24-19/h1-9,11H,10H2,(H,25,28). The molecule has 1 N–H and O–H groups in total. The Balaban J connectivity index is 1.43. The zero-order valence-corrected chi connectivity index (χ0v) is 16.0. The van der Waals surface area contributed by atoms with Gasteiger partial charge in [-0.15, -0.1) is 0 Å². The van der Waals surface area contributed by atoms with E-state index >= 15 is 0 Å². The van der Waals surface area contributed by atoms with E-state index in [2.05, 4.69) is 25.4 Å². The quantitative estimate of drug-likeness (QED) is 0.491.